The summed E-state index contributed by atoms with van der Waals surface area (Å²) in [6.45, 7) is 9.08. The standard InChI is InChI=1S/C32H34FN3O4/c1-20(2)24-17-25(21-11-13-23(33)14-12-21)34-26-18-27(40-29(24)26)30(37)36-16-15-35(19-32(36,3)4)31(38)28(39-5)22-9-7-6-8-10-22/h6-14,17-18,20,28H,15-16,19H2,1-5H3/t28-/m1/s1. The molecule has 2 amide bonds. The third kappa shape index (κ3) is 5.23. The van der Waals surface area contributed by atoms with Gasteiger partial charge in [-0.3, -0.25) is 9.59 Å². The molecular formula is C32H34FN3O4. The molecule has 2 aromatic carbocycles. The molecule has 2 aromatic heterocycles. The number of benzene rings is 2. The van der Waals surface area contributed by atoms with Gasteiger partial charge in [-0.05, 0) is 55.7 Å². The van der Waals surface area contributed by atoms with E-state index < -0.39 is 11.6 Å². The highest BCUT2D eigenvalue weighted by Gasteiger charge is 2.41. The van der Waals surface area contributed by atoms with E-state index in [0.29, 0.717) is 36.4 Å². The SMILES string of the molecule is CO[C@@H](C(=O)N1CCN(C(=O)c2cc3nc(-c4ccc(F)cc4)cc(C(C)C)c3o2)C(C)(C)C1)c1ccccc1. The van der Waals surface area contributed by atoms with Gasteiger partial charge in [-0.15, -0.1) is 0 Å². The Balaban J connectivity index is 1.40. The highest BCUT2D eigenvalue weighted by Crippen LogP contribution is 2.33. The van der Waals surface area contributed by atoms with Crippen LogP contribution in [0.3, 0.4) is 0 Å². The van der Waals surface area contributed by atoms with Gasteiger partial charge < -0.3 is 19.0 Å². The lowest BCUT2D eigenvalue weighted by Gasteiger charge is -2.47. The Bertz CT molecular complexity index is 1530. The lowest BCUT2D eigenvalue weighted by atomic mass is 9.97. The largest absolute Gasteiger partial charge is 0.449 e. The van der Waals surface area contributed by atoms with E-state index in [1.54, 1.807) is 28.0 Å². The topological polar surface area (TPSA) is 75.9 Å². The van der Waals surface area contributed by atoms with Gasteiger partial charge in [-0.25, -0.2) is 9.37 Å². The zero-order valence-electron chi connectivity index (χ0n) is 23.5. The molecule has 1 aliphatic rings. The minimum absolute atomic E-state index is 0.114. The number of rotatable bonds is 6. The molecule has 0 radical (unpaired) electrons. The molecule has 208 valence electrons. The predicted octanol–water partition coefficient (Wildman–Crippen LogP) is 6.21. The summed E-state index contributed by atoms with van der Waals surface area (Å²) in [5.41, 5.74) is 3.69. The number of aromatic nitrogens is 1. The van der Waals surface area contributed by atoms with Crippen molar-refractivity contribution in [3.05, 3.63) is 89.4 Å². The van der Waals surface area contributed by atoms with E-state index in [-0.39, 0.29) is 29.3 Å². The van der Waals surface area contributed by atoms with Crippen molar-refractivity contribution in [2.45, 2.75) is 45.3 Å². The van der Waals surface area contributed by atoms with Crippen LogP contribution in [-0.4, -0.2) is 58.9 Å². The van der Waals surface area contributed by atoms with E-state index in [4.69, 9.17) is 14.1 Å². The molecule has 1 saturated heterocycles. The summed E-state index contributed by atoms with van der Waals surface area (Å²) in [6, 6.07) is 19.2. The second kappa shape index (κ2) is 10.8. The molecule has 1 aliphatic heterocycles. The average Bonchev–Trinajstić information content (AvgIpc) is 3.37. The van der Waals surface area contributed by atoms with E-state index in [1.807, 2.05) is 50.2 Å². The number of fused-ring (bicyclic) bond motifs is 1. The average molecular weight is 544 g/mol. The van der Waals surface area contributed by atoms with Crippen molar-refractivity contribution < 1.29 is 23.1 Å². The highest BCUT2D eigenvalue weighted by molar-refractivity contribution is 5.97. The fraction of sp³-hybridized carbons (Fsp3) is 0.344. The number of nitrogens with zero attached hydrogens (tertiary/aromatic N) is 3. The van der Waals surface area contributed by atoms with Gasteiger partial charge in [0.15, 0.2) is 17.4 Å². The zero-order valence-corrected chi connectivity index (χ0v) is 23.5. The predicted molar refractivity (Wildman–Crippen MR) is 151 cm³/mol. The Morgan fingerprint density at radius 2 is 1.73 bits per heavy atom. The van der Waals surface area contributed by atoms with Gasteiger partial charge in [-0.2, -0.15) is 0 Å². The maximum absolute atomic E-state index is 13.8. The van der Waals surface area contributed by atoms with Crippen molar-refractivity contribution in [3.8, 4) is 11.3 Å². The molecule has 5 rings (SSSR count). The van der Waals surface area contributed by atoms with Crippen molar-refractivity contribution >= 4 is 22.9 Å². The van der Waals surface area contributed by atoms with Gasteiger partial charge in [-0.1, -0.05) is 44.2 Å². The Morgan fingerprint density at radius 3 is 2.35 bits per heavy atom. The highest BCUT2D eigenvalue weighted by atomic mass is 19.1. The molecule has 40 heavy (non-hydrogen) atoms. The van der Waals surface area contributed by atoms with Crippen LogP contribution in [0.25, 0.3) is 22.4 Å². The lowest BCUT2D eigenvalue weighted by molar-refractivity contribution is -0.146. The number of ether oxygens (including phenoxy) is 1. The number of carbonyl (C=O) groups is 2. The van der Waals surface area contributed by atoms with Crippen LogP contribution in [-0.2, 0) is 9.53 Å². The number of methoxy groups -OCH3 is 1. The molecule has 0 unspecified atom stereocenters. The second-order valence-electron chi connectivity index (χ2n) is 11.1. The van der Waals surface area contributed by atoms with Crippen LogP contribution in [0, 0.1) is 5.82 Å². The summed E-state index contributed by atoms with van der Waals surface area (Å²) < 4.78 is 25.2. The van der Waals surface area contributed by atoms with Crippen LogP contribution < -0.4 is 0 Å². The molecule has 4 aromatic rings. The number of halogens is 1. The Kier molecular flexibility index (Phi) is 7.47. The number of amides is 2. The molecule has 0 aliphatic carbocycles. The minimum Gasteiger partial charge on any atom is -0.449 e. The molecule has 0 saturated carbocycles. The van der Waals surface area contributed by atoms with E-state index in [9.17, 15) is 14.0 Å². The first-order valence-electron chi connectivity index (χ1n) is 13.5. The van der Waals surface area contributed by atoms with Crippen LogP contribution in [0.4, 0.5) is 4.39 Å². The fourth-order valence-corrected chi connectivity index (χ4v) is 5.37. The molecular weight excluding hydrogens is 509 g/mol. The number of piperazine rings is 1. The van der Waals surface area contributed by atoms with Crippen molar-refractivity contribution in [1.82, 2.24) is 14.8 Å². The minimum atomic E-state index is -0.703. The fourth-order valence-electron chi connectivity index (χ4n) is 5.37. The quantitative estimate of drug-likeness (QED) is 0.289. The van der Waals surface area contributed by atoms with Crippen LogP contribution in [0.1, 0.15) is 61.4 Å². The molecule has 7 nitrogen and oxygen atoms in total. The molecule has 0 bridgehead atoms. The Labute approximate surface area is 233 Å². The molecule has 0 N–H and O–H groups in total. The number of hydrogen-bond donors (Lipinski definition) is 0. The van der Waals surface area contributed by atoms with Crippen molar-refractivity contribution in [2.24, 2.45) is 0 Å². The van der Waals surface area contributed by atoms with E-state index >= 15 is 0 Å². The number of hydrogen-bond acceptors (Lipinski definition) is 5. The first-order chi connectivity index (χ1) is 19.1. The van der Waals surface area contributed by atoms with Crippen LogP contribution in [0.15, 0.2) is 71.1 Å². The van der Waals surface area contributed by atoms with Gasteiger partial charge in [0.05, 0.1) is 11.2 Å². The lowest BCUT2D eigenvalue weighted by Crippen LogP contribution is -2.62. The second-order valence-corrected chi connectivity index (χ2v) is 11.1. The molecule has 1 fully saturated rings. The first-order valence-corrected chi connectivity index (χ1v) is 13.5. The van der Waals surface area contributed by atoms with Crippen molar-refractivity contribution in [1.29, 1.82) is 0 Å². The normalized spacial score (nSPS) is 16.0. The number of carbonyl (C=O) groups excluding carboxylic acids is 2. The number of pyridine rings is 1. The van der Waals surface area contributed by atoms with Crippen molar-refractivity contribution in [2.75, 3.05) is 26.7 Å². The first kappa shape index (κ1) is 27.5. The summed E-state index contributed by atoms with van der Waals surface area (Å²) in [5.74, 6) is -0.376. The van der Waals surface area contributed by atoms with E-state index in [2.05, 4.69) is 13.8 Å². The molecule has 1 atom stereocenters. The third-order valence-electron chi connectivity index (χ3n) is 7.50. The van der Waals surface area contributed by atoms with Gasteiger partial charge in [0.1, 0.15) is 11.3 Å². The smallest absolute Gasteiger partial charge is 0.290 e. The van der Waals surface area contributed by atoms with Crippen LogP contribution in [0.2, 0.25) is 0 Å². The third-order valence-corrected chi connectivity index (χ3v) is 7.50. The molecule has 3 heterocycles. The van der Waals surface area contributed by atoms with Crippen LogP contribution in [0.5, 0.6) is 0 Å². The summed E-state index contributed by atoms with van der Waals surface area (Å²) in [5, 5.41) is 0. The van der Waals surface area contributed by atoms with Crippen LogP contribution >= 0.6 is 0 Å². The van der Waals surface area contributed by atoms with Crippen molar-refractivity contribution in [3.63, 3.8) is 0 Å². The van der Waals surface area contributed by atoms with E-state index in [0.717, 1.165) is 16.7 Å². The summed E-state index contributed by atoms with van der Waals surface area (Å²) in [6.07, 6.45) is -0.703. The molecule has 8 heteroatoms. The monoisotopic (exact) mass is 543 g/mol. The van der Waals surface area contributed by atoms with E-state index in [1.165, 1.54) is 19.2 Å². The Hall–Kier alpha value is -4.04. The maximum atomic E-state index is 13.8. The summed E-state index contributed by atoms with van der Waals surface area (Å²) >= 11 is 0. The Morgan fingerprint density at radius 1 is 1.02 bits per heavy atom. The molecule has 0 spiro atoms. The van der Waals surface area contributed by atoms with Gasteiger partial charge in [0.25, 0.3) is 11.8 Å². The zero-order chi connectivity index (χ0) is 28.6. The maximum Gasteiger partial charge on any atom is 0.290 e. The summed E-state index contributed by atoms with van der Waals surface area (Å²) in [4.78, 5) is 35.4. The van der Waals surface area contributed by atoms with Gasteiger partial charge >= 0.3 is 0 Å². The summed E-state index contributed by atoms with van der Waals surface area (Å²) in [7, 11) is 1.53. The number of furan rings is 1. The van der Waals surface area contributed by atoms with Gasteiger partial charge in [0, 0.05) is 43.9 Å². The van der Waals surface area contributed by atoms with Gasteiger partial charge in [0.2, 0.25) is 0 Å².